The molecule has 4 heterocycles. The van der Waals surface area contributed by atoms with E-state index in [1.807, 2.05) is 141 Å². The molecule has 35 heteroatoms. The van der Waals surface area contributed by atoms with Crippen molar-refractivity contribution in [3.8, 4) is 33.8 Å². The molecule has 33 nitrogen and oxygen atoms in total. The molecule has 2 saturated heterocycles. The number of hydrogen-bond donors (Lipinski definition) is 1. The fourth-order valence-corrected chi connectivity index (χ4v) is 14.6. The standard InChI is InChI=1S/C51H66N6O11.C41H47N3O7.CH3N3.CH2O3.2Cs.H/c1-37-20-21-53-47(34-37)57(50(61)68-51(2,3)4)24-9-13-48(59)56-23-8-12-44(56)45(58)35-40(36-49(60)62-5)38-14-16-39(17-15-38)41-18-19-46(43-11-7-6-10-42(41)43)67-33-32-66-31-30-65-29-28-64-27-26-63-25-22-54-55-52;1-27-20-21-42-37(24-27)44(40(49)51-41(2,3)4)23-9-13-38(47)43-22-8-12-34(43)36(46)25-30(26-39(48)50-5)28-14-16-29(17-15-28)31-18-19-35(45)33-11-7-6-10-32(31)33;1-3-4-2;2-1-4-3;;;/h6-7,10-11,14-21,34,40,44H,8-9,12-13,22-33,35-36H2,1-5H3;6-7,10-11,14-21,24,30,34,45H,8-9,12-13,22-23,25-26H2,1-5H3;1H3;1,3H;;;/q;;;;2*+1;-1/p-1/t40-,44-;30-,34-;;;;;/m00...../s1. The Morgan fingerprint density at radius 1 is 0.550 bits per heavy atom. The van der Waals surface area contributed by atoms with Crippen LogP contribution in [0.15, 0.2) is 168 Å². The number of esters is 2. The molecule has 8 aromatic rings. The second-order valence-electron chi connectivity index (χ2n) is 32.0. The van der Waals surface area contributed by atoms with E-state index in [0.717, 1.165) is 71.8 Å². The minimum absolute atomic E-state index is 0. The van der Waals surface area contributed by atoms with Gasteiger partial charge in [-0.3, -0.25) is 43.4 Å². The van der Waals surface area contributed by atoms with Gasteiger partial charge in [0.25, 0.3) is 6.47 Å². The third kappa shape index (κ3) is 37.6. The van der Waals surface area contributed by atoms with Crippen LogP contribution in [-0.4, -0.2) is 216 Å². The predicted octanol–water partition coefficient (Wildman–Crippen LogP) is 10.0. The molecule has 0 aliphatic carbocycles. The first-order valence-electron chi connectivity index (χ1n) is 42.2. The molecule has 4 atom stereocenters. The van der Waals surface area contributed by atoms with Crippen LogP contribution in [0.1, 0.15) is 154 Å². The summed E-state index contributed by atoms with van der Waals surface area (Å²) in [6, 6.07) is 45.0. The SMILES string of the molecule is CN=[N+]=[N-].COC(=O)C[C@H](CC(=O)[C@@H]1CCCN1C(=O)CCCN(C(=O)OC(C)(C)C)c1cc(C)ccn1)c1ccc(-c2ccc(O)c3ccccc23)cc1.COC(=O)C[C@H](CC(=O)[C@@H]1CCCN1C(=O)CCCN(C(=O)OC(C)(C)C)c1cc(C)ccn1)c1ccc(-c2ccc(OCCOCCOCCOCCOCCN=[N+]=[N-])c3ccccc23)cc1.O=CO[O-].[Cs+].[Cs+].[H-]. The van der Waals surface area contributed by atoms with Gasteiger partial charge in [0.1, 0.15) is 40.9 Å². The van der Waals surface area contributed by atoms with Crippen molar-refractivity contribution < 1.29 is 240 Å². The van der Waals surface area contributed by atoms with Crippen LogP contribution in [0.5, 0.6) is 11.5 Å². The number of methoxy groups -OCH3 is 2. The van der Waals surface area contributed by atoms with Crippen molar-refractivity contribution in [3.05, 3.63) is 201 Å². The van der Waals surface area contributed by atoms with Crippen LogP contribution >= 0.6 is 0 Å². The van der Waals surface area contributed by atoms with Gasteiger partial charge < -0.3 is 69.1 Å². The van der Waals surface area contributed by atoms with Crippen molar-refractivity contribution in [2.24, 2.45) is 10.2 Å². The van der Waals surface area contributed by atoms with Crippen molar-refractivity contribution >= 4 is 87.2 Å². The molecule has 2 fully saturated rings. The van der Waals surface area contributed by atoms with Gasteiger partial charge in [-0.1, -0.05) is 119 Å². The van der Waals surface area contributed by atoms with Gasteiger partial charge in [-0.25, -0.2) is 19.6 Å². The summed E-state index contributed by atoms with van der Waals surface area (Å²) < 4.78 is 49.5. The van der Waals surface area contributed by atoms with Gasteiger partial charge in [0.15, 0.2) is 11.6 Å². The summed E-state index contributed by atoms with van der Waals surface area (Å²) >= 11 is 0. The first kappa shape index (κ1) is 111. The minimum Gasteiger partial charge on any atom is -1.00 e. The van der Waals surface area contributed by atoms with Gasteiger partial charge in [0.2, 0.25) is 11.8 Å². The molecule has 1 N–H and O–H groups in total. The van der Waals surface area contributed by atoms with E-state index in [2.05, 4.69) is 34.9 Å². The van der Waals surface area contributed by atoms with Crippen LogP contribution in [0, 0.1) is 13.8 Å². The number of benzene rings is 6. The number of phenols is 1. The number of hydrogen-bond acceptors (Lipinski definition) is 25. The molecule has 0 saturated carbocycles. The zero-order chi connectivity index (χ0) is 92.3. The van der Waals surface area contributed by atoms with Gasteiger partial charge in [-0.05, 0) is 197 Å². The number of aromatic nitrogens is 2. The maximum atomic E-state index is 14.1. The zero-order valence-corrected chi connectivity index (χ0v) is 88.8. The normalized spacial score (nSPS) is 13.6. The van der Waals surface area contributed by atoms with E-state index < -0.39 is 59.2 Å². The summed E-state index contributed by atoms with van der Waals surface area (Å²) in [6.45, 7) is 19.8. The number of phenolic OH excluding ortho intramolecular Hbond substituents is 1. The molecular formula is C94H118Cs2N12O21. The molecule has 0 spiro atoms. The Morgan fingerprint density at radius 2 is 0.938 bits per heavy atom. The maximum Gasteiger partial charge on any atom is 1.00 e. The van der Waals surface area contributed by atoms with Crippen molar-refractivity contribution in [1.82, 2.24) is 19.8 Å². The largest absolute Gasteiger partial charge is 1.00 e. The summed E-state index contributed by atoms with van der Waals surface area (Å²) in [5.74, 6) is -0.399. The molecule has 4 amide bonds. The van der Waals surface area contributed by atoms with Crippen LogP contribution in [0.2, 0.25) is 0 Å². The fourth-order valence-electron chi connectivity index (χ4n) is 14.6. The molecule has 10 rings (SSSR count). The Kier molecular flexibility index (Phi) is 50.9. The second-order valence-corrected chi connectivity index (χ2v) is 32.0. The Balaban J connectivity index is 0.000000507. The van der Waals surface area contributed by atoms with Crippen LogP contribution < -0.4 is 158 Å². The molecule has 2 aliphatic heterocycles. The third-order valence-electron chi connectivity index (χ3n) is 20.5. The monoisotopic (exact) mass is 2020 g/mol. The number of azide groups is 2. The molecule has 0 bridgehead atoms. The Morgan fingerprint density at radius 3 is 1.33 bits per heavy atom. The Bertz CT molecular complexity index is 5040. The number of nitrogens with zero attached hydrogens (tertiary/aromatic N) is 12. The molecule has 6 aromatic carbocycles. The summed E-state index contributed by atoms with van der Waals surface area (Å²) in [5, 5.41) is 28.7. The average Bonchev–Trinajstić information content (AvgIpc) is 0.936. The van der Waals surface area contributed by atoms with Crippen LogP contribution in [0.4, 0.5) is 21.2 Å². The smallest absolute Gasteiger partial charge is 1.00 e. The number of rotatable bonds is 41. The Labute approximate surface area is 872 Å². The number of carbonyl (C=O) groups excluding carboxylic acids is 9. The zero-order valence-electron chi connectivity index (χ0n) is 77.3. The summed E-state index contributed by atoms with van der Waals surface area (Å²) in [4.78, 5) is 138. The van der Waals surface area contributed by atoms with Gasteiger partial charge in [0, 0.05) is 110 Å². The van der Waals surface area contributed by atoms with E-state index in [1.165, 1.54) is 31.1 Å². The van der Waals surface area contributed by atoms with Gasteiger partial charge in [0.05, 0.1) is 92.0 Å². The number of anilines is 2. The number of ether oxygens (including phenoxy) is 9. The number of aryl methyl sites for hydroxylation is 2. The van der Waals surface area contributed by atoms with Crippen molar-refractivity contribution in [3.63, 3.8) is 0 Å². The first-order chi connectivity index (χ1) is 61.0. The van der Waals surface area contributed by atoms with Crippen molar-refractivity contribution in [1.29, 1.82) is 0 Å². The number of aromatic hydroxyl groups is 1. The van der Waals surface area contributed by atoms with E-state index in [-0.39, 0.29) is 226 Å². The molecule has 129 heavy (non-hydrogen) atoms. The molecule has 2 aliphatic rings. The van der Waals surface area contributed by atoms with Crippen LogP contribution in [0.3, 0.4) is 0 Å². The third-order valence-corrected chi connectivity index (χ3v) is 20.5. The first-order valence-corrected chi connectivity index (χ1v) is 42.2. The number of likely N-dealkylation sites (tertiary alicyclic amines) is 2. The van der Waals surface area contributed by atoms with Gasteiger partial charge in [-0.15, -0.1) is 0 Å². The number of Topliss-reactive ketones (excluding diaryl/α,β-unsaturated/α-hetero) is 2. The van der Waals surface area contributed by atoms with Crippen LogP contribution in [0.25, 0.3) is 64.7 Å². The average molecular weight is 2020 g/mol. The fraction of sp³-hybridized carbons (Fsp3) is 0.457. The van der Waals surface area contributed by atoms with E-state index >= 15 is 0 Å². The quantitative estimate of drug-likeness (QED) is 0.00428. The summed E-state index contributed by atoms with van der Waals surface area (Å²) in [6.07, 6.45) is 5.84. The van der Waals surface area contributed by atoms with E-state index in [0.29, 0.717) is 129 Å². The molecule has 682 valence electrons. The summed E-state index contributed by atoms with van der Waals surface area (Å²) in [5.41, 5.74) is 21.5. The number of pyridine rings is 2. The van der Waals surface area contributed by atoms with E-state index in [1.54, 1.807) is 81.9 Å². The minimum atomic E-state index is -0.715. The number of ketones is 2. The molecule has 0 radical (unpaired) electrons. The molecule has 0 unspecified atom stereocenters. The number of fused-ring (bicyclic) bond motifs is 2. The number of amides is 4. The molecular weight excluding hydrogens is 1900 g/mol. The van der Waals surface area contributed by atoms with E-state index in [4.69, 9.17) is 63.7 Å². The maximum absolute atomic E-state index is 14.1. The van der Waals surface area contributed by atoms with E-state index in [9.17, 15) is 43.5 Å². The molecule has 2 aromatic heterocycles. The van der Waals surface area contributed by atoms with Crippen molar-refractivity contribution in [2.45, 2.75) is 168 Å². The Hall–Kier alpha value is -8.51. The topological polar surface area (TPSA) is 425 Å². The number of carbonyl (C=O) groups is 9. The second kappa shape index (κ2) is 59.1. The van der Waals surface area contributed by atoms with Gasteiger partial charge >= 0.3 is 162 Å². The summed E-state index contributed by atoms with van der Waals surface area (Å²) in [7, 11) is 4.05. The van der Waals surface area contributed by atoms with Crippen molar-refractivity contribution in [2.75, 3.05) is 123 Å². The predicted molar refractivity (Wildman–Crippen MR) is 478 cm³/mol. The van der Waals surface area contributed by atoms with Gasteiger partial charge in [-0.2, -0.15) is 0 Å². The van der Waals surface area contributed by atoms with Crippen LogP contribution in [-0.2, 0) is 76.3 Å².